The van der Waals surface area contributed by atoms with Crippen molar-refractivity contribution in [3.05, 3.63) is 64.7 Å². The van der Waals surface area contributed by atoms with Gasteiger partial charge >= 0.3 is 6.03 Å². The molecule has 6 heteroatoms. The van der Waals surface area contributed by atoms with E-state index in [9.17, 15) is 9.59 Å². The van der Waals surface area contributed by atoms with E-state index in [-0.39, 0.29) is 24.4 Å². The highest BCUT2D eigenvalue weighted by atomic mass is 35.5. The van der Waals surface area contributed by atoms with E-state index in [1.165, 1.54) is 0 Å². The molecule has 0 unspecified atom stereocenters. The van der Waals surface area contributed by atoms with Crippen LogP contribution in [0.5, 0.6) is 0 Å². The molecule has 0 fully saturated rings. The van der Waals surface area contributed by atoms with Crippen LogP contribution >= 0.6 is 11.6 Å². The second-order valence-electron chi connectivity index (χ2n) is 6.00. The van der Waals surface area contributed by atoms with E-state index in [0.717, 1.165) is 11.1 Å². The van der Waals surface area contributed by atoms with Crippen molar-refractivity contribution in [3.63, 3.8) is 0 Å². The van der Waals surface area contributed by atoms with E-state index >= 15 is 0 Å². The summed E-state index contributed by atoms with van der Waals surface area (Å²) in [5.74, 6) is -0.0911. The molecule has 0 heterocycles. The highest BCUT2D eigenvalue weighted by Gasteiger charge is 2.07. The van der Waals surface area contributed by atoms with Crippen LogP contribution in [0.15, 0.2) is 48.5 Å². The molecule has 2 aromatic rings. The molecule has 2 rings (SSSR count). The van der Waals surface area contributed by atoms with Crippen molar-refractivity contribution in [2.75, 3.05) is 5.32 Å². The SMILES string of the molecule is CC(C)NC(=O)Nc1ccc(CNC(=O)Cc2ccccc2Cl)cc1. The number of carbonyl (C=O) groups excluding carboxylic acids is 2. The quantitative estimate of drug-likeness (QED) is 0.735. The first kappa shape index (κ1) is 18.8. The van der Waals surface area contributed by atoms with Gasteiger partial charge in [-0.15, -0.1) is 0 Å². The van der Waals surface area contributed by atoms with Gasteiger partial charge in [0.25, 0.3) is 0 Å². The van der Waals surface area contributed by atoms with Gasteiger partial charge in [-0.05, 0) is 43.2 Å². The smallest absolute Gasteiger partial charge is 0.319 e. The Bertz CT molecular complexity index is 730. The molecule has 25 heavy (non-hydrogen) atoms. The molecular weight excluding hydrogens is 338 g/mol. The second-order valence-corrected chi connectivity index (χ2v) is 6.40. The normalized spacial score (nSPS) is 10.4. The number of carbonyl (C=O) groups is 2. The van der Waals surface area contributed by atoms with E-state index in [1.54, 1.807) is 18.2 Å². The summed E-state index contributed by atoms with van der Waals surface area (Å²) in [6.45, 7) is 4.21. The summed E-state index contributed by atoms with van der Waals surface area (Å²) < 4.78 is 0. The van der Waals surface area contributed by atoms with E-state index in [0.29, 0.717) is 17.3 Å². The first-order valence-corrected chi connectivity index (χ1v) is 8.48. The number of anilines is 1. The summed E-state index contributed by atoms with van der Waals surface area (Å²) in [5, 5.41) is 8.96. The van der Waals surface area contributed by atoms with Crippen LogP contribution in [0.3, 0.4) is 0 Å². The van der Waals surface area contributed by atoms with E-state index in [4.69, 9.17) is 11.6 Å². The molecule has 3 amide bonds. The van der Waals surface area contributed by atoms with Crippen molar-refractivity contribution < 1.29 is 9.59 Å². The summed E-state index contributed by atoms with van der Waals surface area (Å²) in [6.07, 6.45) is 0.245. The molecule has 2 aromatic carbocycles. The van der Waals surface area contributed by atoms with Gasteiger partial charge in [0.05, 0.1) is 6.42 Å². The highest BCUT2D eigenvalue weighted by Crippen LogP contribution is 2.15. The maximum absolute atomic E-state index is 12.0. The third-order valence-electron chi connectivity index (χ3n) is 3.43. The zero-order valence-electron chi connectivity index (χ0n) is 14.3. The minimum Gasteiger partial charge on any atom is -0.352 e. The lowest BCUT2D eigenvalue weighted by molar-refractivity contribution is -0.120. The Morgan fingerprint density at radius 2 is 1.72 bits per heavy atom. The fourth-order valence-corrected chi connectivity index (χ4v) is 2.42. The molecule has 3 N–H and O–H groups in total. The maximum atomic E-state index is 12.0. The predicted octanol–water partition coefficient (Wildman–Crippen LogP) is 3.73. The summed E-state index contributed by atoms with van der Waals surface area (Å²) >= 11 is 6.06. The topological polar surface area (TPSA) is 70.2 Å². The van der Waals surface area contributed by atoms with Crippen molar-refractivity contribution in [1.29, 1.82) is 0 Å². The van der Waals surface area contributed by atoms with Crippen LogP contribution in [-0.4, -0.2) is 18.0 Å². The number of benzene rings is 2. The Morgan fingerprint density at radius 1 is 1.04 bits per heavy atom. The first-order chi connectivity index (χ1) is 11.9. The van der Waals surface area contributed by atoms with Gasteiger partial charge in [0.2, 0.25) is 5.91 Å². The Kier molecular flexibility index (Phi) is 6.83. The molecule has 0 aliphatic heterocycles. The maximum Gasteiger partial charge on any atom is 0.319 e. The predicted molar refractivity (Wildman–Crippen MR) is 101 cm³/mol. The van der Waals surface area contributed by atoms with Gasteiger partial charge in [0.15, 0.2) is 0 Å². The first-order valence-electron chi connectivity index (χ1n) is 8.10. The molecule has 5 nitrogen and oxygen atoms in total. The molecule has 0 spiro atoms. The Balaban J connectivity index is 1.82. The van der Waals surface area contributed by atoms with E-state index in [1.807, 2.05) is 44.2 Å². The number of amides is 3. The highest BCUT2D eigenvalue weighted by molar-refractivity contribution is 6.31. The van der Waals surface area contributed by atoms with Crippen LogP contribution in [-0.2, 0) is 17.8 Å². The largest absolute Gasteiger partial charge is 0.352 e. The number of urea groups is 1. The summed E-state index contributed by atoms with van der Waals surface area (Å²) in [7, 11) is 0. The molecule has 132 valence electrons. The number of halogens is 1. The molecular formula is C19H22ClN3O2. The molecule has 0 aromatic heterocycles. The molecule has 0 bridgehead atoms. The van der Waals surface area contributed by atoms with Gasteiger partial charge in [0, 0.05) is 23.3 Å². The lowest BCUT2D eigenvalue weighted by atomic mass is 10.1. The summed E-state index contributed by atoms with van der Waals surface area (Å²) in [4.78, 5) is 23.7. The van der Waals surface area contributed by atoms with Crippen molar-refractivity contribution in [2.24, 2.45) is 0 Å². The van der Waals surface area contributed by atoms with Gasteiger partial charge in [-0.25, -0.2) is 4.79 Å². The molecule has 0 saturated heterocycles. The Labute approximate surface area is 152 Å². The van der Waals surface area contributed by atoms with Crippen LogP contribution < -0.4 is 16.0 Å². The standard InChI is InChI=1S/C19H22ClN3O2/c1-13(2)22-19(25)23-16-9-7-14(8-10-16)12-21-18(24)11-15-5-3-4-6-17(15)20/h3-10,13H,11-12H2,1-2H3,(H,21,24)(H2,22,23,25). The van der Waals surface area contributed by atoms with Crippen molar-refractivity contribution in [2.45, 2.75) is 32.9 Å². The molecule has 0 aliphatic carbocycles. The van der Waals surface area contributed by atoms with Crippen LogP contribution in [0.4, 0.5) is 10.5 Å². The molecule has 0 atom stereocenters. The summed E-state index contributed by atoms with van der Waals surface area (Å²) in [6, 6.07) is 14.5. The minimum absolute atomic E-state index is 0.0765. The van der Waals surface area contributed by atoms with Gasteiger partial charge in [-0.3, -0.25) is 4.79 Å². The van der Waals surface area contributed by atoms with Gasteiger partial charge in [-0.2, -0.15) is 0 Å². The van der Waals surface area contributed by atoms with Gasteiger partial charge in [-0.1, -0.05) is 41.9 Å². The Hall–Kier alpha value is -2.53. The number of rotatable bonds is 6. The average Bonchev–Trinajstić information content (AvgIpc) is 2.55. The average molecular weight is 360 g/mol. The minimum atomic E-state index is -0.240. The van der Waals surface area contributed by atoms with Crippen LogP contribution in [0.2, 0.25) is 5.02 Å². The fraction of sp³-hybridized carbons (Fsp3) is 0.263. The number of hydrogen-bond acceptors (Lipinski definition) is 2. The summed E-state index contributed by atoms with van der Waals surface area (Å²) in [5.41, 5.74) is 2.45. The van der Waals surface area contributed by atoms with E-state index < -0.39 is 0 Å². The lowest BCUT2D eigenvalue weighted by Gasteiger charge is -2.11. The second kappa shape index (κ2) is 9.08. The van der Waals surface area contributed by atoms with Gasteiger partial charge < -0.3 is 16.0 Å². The zero-order valence-corrected chi connectivity index (χ0v) is 15.1. The van der Waals surface area contributed by atoms with Gasteiger partial charge in [0.1, 0.15) is 0 Å². The monoisotopic (exact) mass is 359 g/mol. The molecule has 0 radical (unpaired) electrons. The van der Waals surface area contributed by atoms with Crippen LogP contribution in [0.1, 0.15) is 25.0 Å². The van der Waals surface area contributed by atoms with Crippen molar-refractivity contribution >= 4 is 29.2 Å². The fourth-order valence-electron chi connectivity index (χ4n) is 2.21. The lowest BCUT2D eigenvalue weighted by Crippen LogP contribution is -2.34. The van der Waals surface area contributed by atoms with Crippen molar-refractivity contribution in [3.8, 4) is 0 Å². The molecule has 0 saturated carbocycles. The van der Waals surface area contributed by atoms with Crippen LogP contribution in [0.25, 0.3) is 0 Å². The Morgan fingerprint density at radius 3 is 2.36 bits per heavy atom. The third-order valence-corrected chi connectivity index (χ3v) is 3.80. The van der Waals surface area contributed by atoms with E-state index in [2.05, 4.69) is 16.0 Å². The van der Waals surface area contributed by atoms with Crippen LogP contribution in [0, 0.1) is 0 Å². The third kappa shape index (κ3) is 6.47. The number of hydrogen-bond donors (Lipinski definition) is 3. The van der Waals surface area contributed by atoms with Crippen molar-refractivity contribution in [1.82, 2.24) is 10.6 Å². The molecule has 0 aliphatic rings. The zero-order chi connectivity index (χ0) is 18.2. The number of nitrogens with one attached hydrogen (secondary N) is 3.